The highest BCUT2D eigenvalue weighted by molar-refractivity contribution is 9.10. The van der Waals surface area contributed by atoms with Gasteiger partial charge in [0.1, 0.15) is 17.7 Å². The van der Waals surface area contributed by atoms with Crippen molar-refractivity contribution in [1.29, 1.82) is 0 Å². The predicted molar refractivity (Wildman–Crippen MR) is 153 cm³/mol. The first-order chi connectivity index (χ1) is 18.7. The first-order valence-electron chi connectivity index (χ1n) is 11.8. The number of aromatic nitrogens is 2. The molecule has 1 aliphatic carbocycles. The van der Waals surface area contributed by atoms with Crippen LogP contribution >= 0.6 is 39.1 Å². The fourth-order valence-corrected chi connectivity index (χ4v) is 5.90. The second-order valence-corrected chi connectivity index (χ2v) is 12.7. The molecule has 2 heterocycles. The Kier molecular flexibility index (Phi) is 7.96. The van der Waals surface area contributed by atoms with Crippen molar-refractivity contribution >= 4 is 55.3 Å². The maximum absolute atomic E-state index is 11.8. The molecule has 0 fully saturated rings. The zero-order chi connectivity index (χ0) is 27.7. The Labute approximate surface area is 244 Å². The zero-order valence-corrected chi connectivity index (χ0v) is 24.4. The number of halogens is 3. The van der Waals surface area contributed by atoms with Gasteiger partial charge in [-0.2, -0.15) is 4.98 Å². The van der Waals surface area contributed by atoms with Crippen molar-refractivity contribution in [1.82, 2.24) is 9.97 Å². The van der Waals surface area contributed by atoms with Gasteiger partial charge < -0.3 is 9.47 Å². The molecule has 0 radical (unpaired) electrons. The maximum atomic E-state index is 11.8. The minimum absolute atomic E-state index is 0.0158. The molecule has 5 rings (SSSR count). The van der Waals surface area contributed by atoms with Crippen LogP contribution in [0.5, 0.6) is 11.8 Å². The lowest BCUT2D eigenvalue weighted by atomic mass is 9.96. The molecule has 1 atom stereocenters. The normalized spacial score (nSPS) is 14.6. The summed E-state index contributed by atoms with van der Waals surface area (Å²) in [5.74, 6) is 0.145. The lowest BCUT2D eigenvalue weighted by molar-refractivity contribution is 0.111. The van der Waals surface area contributed by atoms with Crippen molar-refractivity contribution in [3.63, 3.8) is 0 Å². The number of carbonyl (C=O) groups is 1. The van der Waals surface area contributed by atoms with Gasteiger partial charge in [-0.05, 0) is 63.7 Å². The minimum Gasteiger partial charge on any atom is -0.472 e. The quantitative estimate of drug-likeness (QED) is 0.189. The van der Waals surface area contributed by atoms with Gasteiger partial charge in [0.2, 0.25) is 11.8 Å². The molecule has 0 spiro atoms. The number of pyridine rings is 2. The molecular formula is C28H21BrCl2N2O5S. The summed E-state index contributed by atoms with van der Waals surface area (Å²) in [6.07, 6.45) is 5.58. The number of fused-ring (bicyclic) bond motifs is 1. The zero-order valence-electron chi connectivity index (χ0n) is 20.5. The number of aldehydes is 1. The molecule has 0 unspecified atom stereocenters. The molecule has 4 aromatic rings. The number of ether oxygens (including phenoxy) is 2. The molecular weight excluding hydrogens is 627 g/mol. The summed E-state index contributed by atoms with van der Waals surface area (Å²) in [6.45, 7) is -0.0612. The van der Waals surface area contributed by atoms with Gasteiger partial charge in [0.25, 0.3) is 0 Å². The van der Waals surface area contributed by atoms with Crippen molar-refractivity contribution < 1.29 is 22.7 Å². The number of nitrogens with zero attached hydrogens (tertiary/aromatic N) is 2. The smallest absolute Gasteiger partial charge is 0.236 e. The van der Waals surface area contributed by atoms with Gasteiger partial charge in [-0.3, -0.25) is 9.78 Å². The fraction of sp³-hybridized carbons (Fsp3) is 0.179. The van der Waals surface area contributed by atoms with Gasteiger partial charge in [0.05, 0.1) is 15.5 Å². The van der Waals surface area contributed by atoms with Gasteiger partial charge >= 0.3 is 0 Å². The van der Waals surface area contributed by atoms with Gasteiger partial charge in [0, 0.05) is 34.2 Å². The number of hydrogen-bond donors (Lipinski definition) is 0. The number of hydrogen-bond acceptors (Lipinski definition) is 7. The van der Waals surface area contributed by atoms with Crippen molar-refractivity contribution in [2.45, 2.75) is 30.4 Å². The Bertz CT molecular complexity index is 1700. The summed E-state index contributed by atoms with van der Waals surface area (Å²) in [5, 5.41) is 0.813. The highest BCUT2D eigenvalue weighted by Gasteiger charge is 2.29. The monoisotopic (exact) mass is 646 g/mol. The number of sulfone groups is 1. The van der Waals surface area contributed by atoms with E-state index in [-0.39, 0.29) is 40.0 Å². The van der Waals surface area contributed by atoms with E-state index < -0.39 is 9.84 Å². The van der Waals surface area contributed by atoms with E-state index in [1.165, 1.54) is 24.5 Å². The first-order valence-corrected chi connectivity index (χ1v) is 15.2. The van der Waals surface area contributed by atoms with Crippen molar-refractivity contribution in [3.8, 4) is 22.9 Å². The molecule has 0 amide bonds. The summed E-state index contributed by atoms with van der Waals surface area (Å²) < 4.78 is 36.6. The molecule has 0 bridgehead atoms. The van der Waals surface area contributed by atoms with Crippen LogP contribution in [0.25, 0.3) is 11.1 Å². The van der Waals surface area contributed by atoms with Crippen LogP contribution in [0.1, 0.15) is 39.6 Å². The Morgan fingerprint density at radius 3 is 2.62 bits per heavy atom. The van der Waals surface area contributed by atoms with E-state index in [0.29, 0.717) is 23.3 Å². The van der Waals surface area contributed by atoms with E-state index in [4.69, 9.17) is 32.7 Å². The molecule has 11 heteroatoms. The molecule has 0 N–H and O–H groups in total. The third-order valence-corrected chi connectivity index (χ3v) is 9.00. The molecule has 39 heavy (non-hydrogen) atoms. The van der Waals surface area contributed by atoms with E-state index in [9.17, 15) is 13.2 Å². The van der Waals surface area contributed by atoms with Crippen LogP contribution < -0.4 is 9.47 Å². The lowest BCUT2D eigenvalue weighted by Gasteiger charge is -2.18. The van der Waals surface area contributed by atoms with Crippen LogP contribution in [0.15, 0.2) is 70.3 Å². The van der Waals surface area contributed by atoms with E-state index in [1.54, 1.807) is 0 Å². The highest BCUT2D eigenvalue weighted by atomic mass is 79.9. The molecule has 200 valence electrons. The predicted octanol–water partition coefficient (Wildman–Crippen LogP) is 7.07. The number of carbonyl (C=O) groups excluding carboxylic acids is 1. The fourth-order valence-electron chi connectivity index (χ4n) is 4.49. The minimum atomic E-state index is -3.43. The molecule has 0 saturated carbocycles. The topological polar surface area (TPSA) is 95.5 Å². The second kappa shape index (κ2) is 11.3. The number of rotatable bonds is 8. The van der Waals surface area contributed by atoms with E-state index >= 15 is 0 Å². The molecule has 0 saturated heterocycles. The van der Waals surface area contributed by atoms with Crippen LogP contribution in [-0.2, 0) is 22.9 Å². The van der Waals surface area contributed by atoms with Crippen LogP contribution in [0.3, 0.4) is 0 Å². The van der Waals surface area contributed by atoms with Crippen molar-refractivity contribution in [2.75, 3.05) is 6.26 Å². The third kappa shape index (κ3) is 5.82. The summed E-state index contributed by atoms with van der Waals surface area (Å²) in [5.41, 5.74) is 4.75. The Hall–Kier alpha value is -2.98. The van der Waals surface area contributed by atoms with E-state index in [0.717, 1.165) is 39.4 Å². The first kappa shape index (κ1) is 27.6. The van der Waals surface area contributed by atoms with Crippen LogP contribution in [-0.4, -0.2) is 30.9 Å². The average Bonchev–Trinajstić information content (AvgIpc) is 3.33. The SMILES string of the molecule is CS(=O)(=O)c1cncc(COc2nc(O[C@H]3CCc4c(-c5cccc(Br)c5Cl)cccc43)c(Cl)cc2C=O)c1. The van der Waals surface area contributed by atoms with Crippen LogP contribution in [0.2, 0.25) is 10.0 Å². The summed E-state index contributed by atoms with van der Waals surface area (Å²) in [4.78, 5) is 20.1. The molecule has 2 aromatic carbocycles. The van der Waals surface area contributed by atoms with Crippen molar-refractivity contribution in [2.24, 2.45) is 0 Å². The molecule has 7 nitrogen and oxygen atoms in total. The molecule has 2 aromatic heterocycles. The van der Waals surface area contributed by atoms with E-state index in [2.05, 4.69) is 25.9 Å². The highest BCUT2D eigenvalue weighted by Crippen LogP contribution is 2.44. The summed E-state index contributed by atoms with van der Waals surface area (Å²) in [6, 6.07) is 14.7. The molecule has 1 aliphatic rings. The standard InChI is InChI=1S/C28H21BrCl2N2O5S/c1-39(35,36)18-10-16(12-32-13-18)15-37-27-17(14-34)11-24(30)28(33-27)38-25-9-8-20-19(4-2-5-21(20)25)22-6-3-7-23(29)26(22)31/h2-7,10-14,25H,8-9,15H2,1H3/t25-/m0/s1. The Morgan fingerprint density at radius 1 is 1.08 bits per heavy atom. The third-order valence-electron chi connectivity index (χ3n) is 6.35. The van der Waals surface area contributed by atoms with E-state index in [1.807, 2.05) is 36.4 Å². The van der Waals surface area contributed by atoms with Gasteiger partial charge in [-0.15, -0.1) is 0 Å². The lowest BCUT2D eigenvalue weighted by Crippen LogP contribution is -2.08. The molecule has 0 aliphatic heterocycles. The maximum Gasteiger partial charge on any atom is 0.236 e. The van der Waals surface area contributed by atoms with Crippen LogP contribution in [0, 0.1) is 0 Å². The average molecular weight is 648 g/mol. The van der Waals surface area contributed by atoms with Gasteiger partial charge in [-0.25, -0.2) is 8.42 Å². The van der Waals surface area contributed by atoms with Crippen molar-refractivity contribution in [3.05, 3.63) is 97.7 Å². The second-order valence-electron chi connectivity index (χ2n) is 9.00. The van der Waals surface area contributed by atoms with Gasteiger partial charge in [0.15, 0.2) is 16.1 Å². The Balaban J connectivity index is 1.41. The van der Waals surface area contributed by atoms with Gasteiger partial charge in [-0.1, -0.05) is 53.5 Å². The number of benzene rings is 2. The summed E-state index contributed by atoms with van der Waals surface area (Å²) in [7, 11) is -3.43. The Morgan fingerprint density at radius 2 is 1.85 bits per heavy atom. The summed E-state index contributed by atoms with van der Waals surface area (Å²) >= 11 is 16.5. The largest absolute Gasteiger partial charge is 0.472 e. The van der Waals surface area contributed by atoms with Crippen LogP contribution in [0.4, 0.5) is 0 Å².